The number of benzene rings is 2. The number of nitro groups is 1. The molecule has 0 unspecified atom stereocenters. The maximum atomic E-state index is 11.5. The van der Waals surface area contributed by atoms with Gasteiger partial charge in [0.1, 0.15) is 6.61 Å². The van der Waals surface area contributed by atoms with E-state index < -0.39 is 10.8 Å². The van der Waals surface area contributed by atoms with Crippen LogP contribution in [0.15, 0.2) is 42.5 Å². The fourth-order valence-corrected chi connectivity index (χ4v) is 2.19. The van der Waals surface area contributed by atoms with Crippen LogP contribution in [0, 0.1) is 17.0 Å². The number of carbonyl (C=O) groups is 1. The molecule has 2 aromatic carbocycles. The van der Waals surface area contributed by atoms with Gasteiger partial charge < -0.3 is 4.74 Å². The minimum atomic E-state index is -0.500. The van der Waals surface area contributed by atoms with Crippen LogP contribution in [0.4, 0.5) is 5.69 Å². The number of amides is 1. The fraction of sp³-hybridized carbons (Fsp3) is 0.188. The summed E-state index contributed by atoms with van der Waals surface area (Å²) >= 11 is 0. The predicted octanol–water partition coefficient (Wildman–Crippen LogP) is 2.01. The van der Waals surface area contributed by atoms with E-state index in [0.29, 0.717) is 11.1 Å². The van der Waals surface area contributed by atoms with Gasteiger partial charge >= 0.3 is 5.69 Å². The molecule has 3 N–H and O–H groups in total. The number of nitro benzene ring substituents is 1. The van der Waals surface area contributed by atoms with Gasteiger partial charge in [-0.1, -0.05) is 42.5 Å². The summed E-state index contributed by atoms with van der Waals surface area (Å²) in [6, 6.07) is 12.5. The summed E-state index contributed by atoms with van der Waals surface area (Å²) in [5.41, 5.74) is 3.64. The first-order valence-corrected chi connectivity index (χ1v) is 6.96. The Morgan fingerprint density at radius 3 is 2.57 bits per heavy atom. The molecule has 0 aromatic heterocycles. The van der Waals surface area contributed by atoms with Crippen molar-refractivity contribution in [2.45, 2.75) is 20.0 Å². The molecule has 0 spiro atoms. The standard InChI is InChI=1S/C16H17N3O4/c1-11-7-8-13(9-14(20)18-17)16(15(11)19(21)22)23-10-12-5-3-2-4-6-12/h2-8H,9-10,17H2,1H3,(H,18,20). The van der Waals surface area contributed by atoms with Crippen molar-refractivity contribution in [3.05, 3.63) is 69.3 Å². The van der Waals surface area contributed by atoms with Gasteiger partial charge in [-0.25, -0.2) is 5.84 Å². The number of nitrogens with one attached hydrogen (secondary N) is 1. The van der Waals surface area contributed by atoms with Gasteiger partial charge in [0, 0.05) is 11.1 Å². The lowest BCUT2D eigenvalue weighted by Gasteiger charge is -2.13. The average Bonchev–Trinajstić information content (AvgIpc) is 2.55. The second-order valence-electron chi connectivity index (χ2n) is 4.99. The normalized spacial score (nSPS) is 10.2. The van der Waals surface area contributed by atoms with Crippen molar-refractivity contribution in [1.82, 2.24) is 5.43 Å². The Bertz CT molecular complexity index is 717. The van der Waals surface area contributed by atoms with Gasteiger partial charge in [-0.05, 0) is 12.5 Å². The van der Waals surface area contributed by atoms with E-state index in [2.05, 4.69) is 0 Å². The third-order valence-electron chi connectivity index (χ3n) is 3.34. The Hall–Kier alpha value is -2.93. The molecule has 0 saturated carbocycles. The monoisotopic (exact) mass is 315 g/mol. The molecule has 7 heteroatoms. The Kier molecular flexibility index (Phi) is 5.27. The summed E-state index contributed by atoms with van der Waals surface area (Å²) < 4.78 is 5.68. The summed E-state index contributed by atoms with van der Waals surface area (Å²) in [5.74, 6) is 4.74. The van der Waals surface area contributed by atoms with Crippen LogP contribution in [0.3, 0.4) is 0 Å². The number of carbonyl (C=O) groups excluding carboxylic acids is 1. The molecule has 1 amide bonds. The number of aryl methyl sites for hydroxylation is 1. The van der Waals surface area contributed by atoms with Crippen molar-refractivity contribution < 1.29 is 14.5 Å². The predicted molar refractivity (Wildman–Crippen MR) is 84.6 cm³/mol. The number of ether oxygens (including phenoxy) is 1. The van der Waals surface area contributed by atoms with Crippen molar-refractivity contribution in [3.63, 3.8) is 0 Å². The van der Waals surface area contributed by atoms with Crippen molar-refractivity contribution in [2.75, 3.05) is 0 Å². The van der Waals surface area contributed by atoms with E-state index in [1.807, 2.05) is 35.8 Å². The Balaban J connectivity index is 2.37. The zero-order valence-electron chi connectivity index (χ0n) is 12.6. The molecular weight excluding hydrogens is 298 g/mol. The summed E-state index contributed by atoms with van der Waals surface area (Å²) in [7, 11) is 0. The van der Waals surface area contributed by atoms with E-state index in [9.17, 15) is 14.9 Å². The molecule has 0 atom stereocenters. The smallest absolute Gasteiger partial charge is 0.314 e. The second-order valence-corrected chi connectivity index (χ2v) is 4.99. The minimum Gasteiger partial charge on any atom is -0.482 e. The Morgan fingerprint density at radius 1 is 1.26 bits per heavy atom. The Labute approximate surface area is 133 Å². The molecule has 23 heavy (non-hydrogen) atoms. The molecule has 0 aliphatic carbocycles. The number of nitrogens with two attached hydrogens (primary N) is 1. The lowest BCUT2D eigenvalue weighted by Crippen LogP contribution is -2.31. The highest BCUT2D eigenvalue weighted by Gasteiger charge is 2.23. The van der Waals surface area contributed by atoms with E-state index in [0.717, 1.165) is 5.56 Å². The van der Waals surface area contributed by atoms with E-state index in [1.54, 1.807) is 19.1 Å². The van der Waals surface area contributed by atoms with E-state index in [-0.39, 0.29) is 24.5 Å². The topological polar surface area (TPSA) is 107 Å². The zero-order chi connectivity index (χ0) is 16.8. The molecule has 0 radical (unpaired) electrons. The SMILES string of the molecule is Cc1ccc(CC(=O)NN)c(OCc2ccccc2)c1[N+](=O)[O-]. The van der Waals surface area contributed by atoms with Crippen LogP contribution in [0.1, 0.15) is 16.7 Å². The average molecular weight is 315 g/mol. The highest BCUT2D eigenvalue weighted by molar-refractivity contribution is 5.79. The molecule has 0 heterocycles. The van der Waals surface area contributed by atoms with Crippen LogP contribution in [-0.4, -0.2) is 10.8 Å². The van der Waals surface area contributed by atoms with Crippen molar-refractivity contribution in [3.8, 4) is 5.75 Å². The maximum absolute atomic E-state index is 11.5. The van der Waals surface area contributed by atoms with Gasteiger partial charge in [0.15, 0.2) is 0 Å². The highest BCUT2D eigenvalue weighted by Crippen LogP contribution is 2.35. The molecule has 7 nitrogen and oxygen atoms in total. The lowest BCUT2D eigenvalue weighted by molar-refractivity contribution is -0.386. The van der Waals surface area contributed by atoms with Gasteiger partial charge in [-0.2, -0.15) is 0 Å². The van der Waals surface area contributed by atoms with Crippen molar-refractivity contribution >= 4 is 11.6 Å². The summed E-state index contributed by atoms with van der Waals surface area (Å²) in [5, 5.41) is 11.4. The first kappa shape index (κ1) is 16.4. The quantitative estimate of drug-likeness (QED) is 0.367. The third-order valence-corrected chi connectivity index (χ3v) is 3.34. The van der Waals surface area contributed by atoms with E-state index in [4.69, 9.17) is 10.6 Å². The van der Waals surface area contributed by atoms with Crippen molar-refractivity contribution in [1.29, 1.82) is 0 Å². The molecule has 2 rings (SSSR count). The number of rotatable bonds is 6. The van der Waals surface area contributed by atoms with Crippen LogP contribution >= 0.6 is 0 Å². The molecule has 0 bridgehead atoms. The summed E-state index contributed by atoms with van der Waals surface area (Å²) in [4.78, 5) is 22.4. The lowest BCUT2D eigenvalue weighted by atomic mass is 10.1. The molecule has 2 aromatic rings. The zero-order valence-corrected chi connectivity index (χ0v) is 12.6. The van der Waals surface area contributed by atoms with Gasteiger partial charge in [0.2, 0.25) is 11.7 Å². The number of nitrogens with zero attached hydrogens (tertiary/aromatic N) is 1. The molecule has 0 saturated heterocycles. The van der Waals surface area contributed by atoms with Gasteiger partial charge in [-0.3, -0.25) is 20.3 Å². The molecule has 0 aliphatic heterocycles. The summed E-state index contributed by atoms with van der Waals surface area (Å²) in [6.07, 6.45) is -0.0955. The van der Waals surface area contributed by atoms with E-state index >= 15 is 0 Å². The molecule has 120 valence electrons. The fourth-order valence-electron chi connectivity index (χ4n) is 2.19. The first-order valence-electron chi connectivity index (χ1n) is 6.96. The summed E-state index contributed by atoms with van der Waals surface area (Å²) in [6.45, 7) is 1.79. The number of hydrazine groups is 1. The number of hydrogen-bond donors (Lipinski definition) is 2. The van der Waals surface area contributed by atoms with Crippen LogP contribution in [0.5, 0.6) is 5.75 Å². The van der Waals surface area contributed by atoms with Gasteiger partial charge in [-0.15, -0.1) is 0 Å². The number of hydrogen-bond acceptors (Lipinski definition) is 5. The highest BCUT2D eigenvalue weighted by atomic mass is 16.6. The molecule has 0 aliphatic rings. The van der Waals surface area contributed by atoms with Crippen LogP contribution in [0.25, 0.3) is 0 Å². The van der Waals surface area contributed by atoms with Gasteiger partial charge in [0.25, 0.3) is 0 Å². The van der Waals surface area contributed by atoms with E-state index in [1.165, 1.54) is 0 Å². The first-order chi connectivity index (χ1) is 11.0. The van der Waals surface area contributed by atoms with Crippen LogP contribution in [0.2, 0.25) is 0 Å². The maximum Gasteiger partial charge on any atom is 0.314 e. The Morgan fingerprint density at radius 2 is 1.96 bits per heavy atom. The third kappa shape index (κ3) is 4.04. The molecular formula is C16H17N3O4. The van der Waals surface area contributed by atoms with Crippen LogP contribution < -0.4 is 16.0 Å². The van der Waals surface area contributed by atoms with Crippen molar-refractivity contribution in [2.24, 2.45) is 5.84 Å². The largest absolute Gasteiger partial charge is 0.482 e. The van der Waals surface area contributed by atoms with Crippen LogP contribution in [-0.2, 0) is 17.8 Å². The minimum absolute atomic E-state index is 0.0955. The molecule has 0 fully saturated rings. The van der Waals surface area contributed by atoms with Gasteiger partial charge in [0.05, 0.1) is 11.3 Å². The second kappa shape index (κ2) is 7.37.